The standard InChI is InChI=1S/C27H20N4O3S/c1-15-11-12-16(2)19(13-15)28-22(32)14-30-20-9-5-3-7-17(20)23(25(30)33)24-26(34)31-21-10-6-4-8-18(21)29-27(31)35-24/h3-13H,14H2,1-2H3,(H,28,32). The lowest BCUT2D eigenvalue weighted by Crippen LogP contribution is -2.37. The van der Waals surface area contributed by atoms with Gasteiger partial charge in [-0.05, 0) is 49.2 Å². The van der Waals surface area contributed by atoms with Gasteiger partial charge in [-0.1, -0.05) is 53.8 Å². The SMILES string of the molecule is Cc1ccc(C)c(NC(=O)CN2C(=O)C(=c3sc4nc5ccccc5n4c3=O)c3ccccc32)c1. The molecule has 0 spiro atoms. The highest BCUT2D eigenvalue weighted by Gasteiger charge is 2.35. The topological polar surface area (TPSA) is 83.8 Å². The first-order valence-electron chi connectivity index (χ1n) is 11.1. The van der Waals surface area contributed by atoms with E-state index in [1.807, 2.05) is 74.5 Å². The largest absolute Gasteiger partial charge is 0.324 e. The molecule has 2 amide bonds. The molecule has 8 heteroatoms. The highest BCUT2D eigenvalue weighted by molar-refractivity contribution is 7.15. The fraction of sp³-hybridized carbons (Fsp3) is 0.111. The number of rotatable bonds is 3. The first-order valence-corrected chi connectivity index (χ1v) is 12.0. The molecule has 0 unspecified atom stereocenters. The third-order valence-electron chi connectivity index (χ3n) is 6.24. The molecule has 7 nitrogen and oxygen atoms in total. The fourth-order valence-electron chi connectivity index (χ4n) is 4.52. The number of aromatic nitrogens is 2. The number of carbonyl (C=O) groups excluding carboxylic acids is 2. The van der Waals surface area contributed by atoms with E-state index in [9.17, 15) is 14.4 Å². The van der Waals surface area contributed by atoms with Gasteiger partial charge in [0, 0.05) is 11.3 Å². The Hall–Kier alpha value is -4.30. The summed E-state index contributed by atoms with van der Waals surface area (Å²) in [6.07, 6.45) is 0. The molecule has 0 fully saturated rings. The van der Waals surface area contributed by atoms with Gasteiger partial charge in [0.15, 0.2) is 4.96 Å². The van der Waals surface area contributed by atoms with Crippen LogP contribution in [0.4, 0.5) is 11.4 Å². The zero-order valence-corrected chi connectivity index (χ0v) is 19.8. The third-order valence-corrected chi connectivity index (χ3v) is 7.28. The van der Waals surface area contributed by atoms with Gasteiger partial charge in [0.1, 0.15) is 11.1 Å². The zero-order chi connectivity index (χ0) is 24.3. The Morgan fingerprint density at radius 1 is 1.00 bits per heavy atom. The number of imidazole rings is 1. The Kier molecular flexibility index (Phi) is 4.79. The second-order valence-corrected chi connectivity index (χ2v) is 9.58. The Bertz CT molecular complexity index is 1800. The summed E-state index contributed by atoms with van der Waals surface area (Å²) in [5, 5.41) is 2.92. The van der Waals surface area contributed by atoms with Crippen LogP contribution in [0.5, 0.6) is 0 Å². The van der Waals surface area contributed by atoms with E-state index in [0.29, 0.717) is 37.5 Å². The van der Waals surface area contributed by atoms with E-state index >= 15 is 0 Å². The molecule has 6 rings (SSSR count). The molecule has 1 aliphatic heterocycles. The molecule has 0 aliphatic carbocycles. The van der Waals surface area contributed by atoms with Gasteiger partial charge in [-0.2, -0.15) is 0 Å². The fourth-order valence-corrected chi connectivity index (χ4v) is 5.60. The number of amides is 2. The lowest BCUT2D eigenvalue weighted by Gasteiger charge is -2.17. The van der Waals surface area contributed by atoms with Crippen LogP contribution in [0.15, 0.2) is 71.5 Å². The number of anilines is 2. The van der Waals surface area contributed by atoms with E-state index in [2.05, 4.69) is 10.3 Å². The van der Waals surface area contributed by atoms with E-state index < -0.39 is 0 Å². The smallest absolute Gasteiger partial charge is 0.275 e. The van der Waals surface area contributed by atoms with Gasteiger partial charge in [-0.15, -0.1) is 0 Å². The van der Waals surface area contributed by atoms with Crippen LogP contribution < -0.4 is 20.3 Å². The average Bonchev–Trinajstić information content (AvgIpc) is 3.45. The summed E-state index contributed by atoms with van der Waals surface area (Å²) < 4.78 is 1.88. The molecule has 0 saturated heterocycles. The Balaban J connectivity index is 1.44. The molecule has 2 aromatic heterocycles. The van der Waals surface area contributed by atoms with Crippen molar-refractivity contribution in [3.8, 4) is 0 Å². The number of hydrogen-bond donors (Lipinski definition) is 1. The highest BCUT2D eigenvalue weighted by Crippen LogP contribution is 2.35. The van der Waals surface area contributed by atoms with Crippen LogP contribution >= 0.6 is 11.3 Å². The van der Waals surface area contributed by atoms with Crippen molar-refractivity contribution >= 4 is 56.1 Å². The van der Waals surface area contributed by atoms with Gasteiger partial charge < -0.3 is 5.32 Å². The predicted octanol–water partition coefficient (Wildman–Crippen LogP) is 3.43. The van der Waals surface area contributed by atoms with Crippen LogP contribution in [0, 0.1) is 13.8 Å². The van der Waals surface area contributed by atoms with Gasteiger partial charge in [0.05, 0.1) is 22.3 Å². The van der Waals surface area contributed by atoms with E-state index in [-0.39, 0.29) is 23.9 Å². The molecule has 1 aliphatic rings. The maximum Gasteiger partial charge on any atom is 0.275 e. The van der Waals surface area contributed by atoms with Crippen molar-refractivity contribution < 1.29 is 9.59 Å². The number of fused-ring (bicyclic) bond motifs is 4. The van der Waals surface area contributed by atoms with E-state index in [0.717, 1.165) is 16.6 Å². The summed E-state index contributed by atoms with van der Waals surface area (Å²) in [4.78, 5) is 46.6. The monoisotopic (exact) mass is 480 g/mol. The molecule has 172 valence electrons. The number of hydrogen-bond acceptors (Lipinski definition) is 5. The third kappa shape index (κ3) is 3.33. The number of benzene rings is 3. The number of carbonyl (C=O) groups is 2. The summed E-state index contributed by atoms with van der Waals surface area (Å²) in [6, 6.07) is 20.5. The Morgan fingerprint density at radius 2 is 1.77 bits per heavy atom. The normalized spacial score (nSPS) is 14.7. The van der Waals surface area contributed by atoms with Gasteiger partial charge in [0.2, 0.25) is 5.91 Å². The van der Waals surface area contributed by atoms with Crippen molar-refractivity contribution in [1.82, 2.24) is 9.38 Å². The zero-order valence-electron chi connectivity index (χ0n) is 19.0. The lowest BCUT2D eigenvalue weighted by atomic mass is 10.1. The molecule has 5 aromatic rings. The Labute approximate surface area is 203 Å². The summed E-state index contributed by atoms with van der Waals surface area (Å²) in [5.74, 6) is -0.675. The minimum atomic E-state index is -0.367. The molecule has 0 radical (unpaired) electrons. The number of thiazole rings is 1. The van der Waals surface area contributed by atoms with Crippen molar-refractivity contribution in [3.05, 3.63) is 98.3 Å². The van der Waals surface area contributed by atoms with Crippen LogP contribution in [-0.4, -0.2) is 27.7 Å². The van der Waals surface area contributed by atoms with Crippen LogP contribution in [0.2, 0.25) is 0 Å². The number of nitrogens with zero attached hydrogens (tertiary/aromatic N) is 3. The van der Waals surface area contributed by atoms with Crippen LogP contribution in [0.25, 0.3) is 21.6 Å². The molecule has 3 heterocycles. The quantitative estimate of drug-likeness (QED) is 0.429. The van der Waals surface area contributed by atoms with Gasteiger partial charge >= 0.3 is 0 Å². The predicted molar refractivity (Wildman–Crippen MR) is 138 cm³/mol. The molecule has 35 heavy (non-hydrogen) atoms. The van der Waals surface area contributed by atoms with Crippen LogP contribution in [-0.2, 0) is 9.59 Å². The average molecular weight is 481 g/mol. The first kappa shape index (κ1) is 21.2. The van der Waals surface area contributed by atoms with Crippen molar-refractivity contribution in [3.63, 3.8) is 0 Å². The van der Waals surface area contributed by atoms with Crippen molar-refractivity contribution in [2.45, 2.75) is 13.8 Å². The lowest BCUT2D eigenvalue weighted by molar-refractivity contribution is -0.118. The molecule has 0 bridgehead atoms. The summed E-state index contributed by atoms with van der Waals surface area (Å²) in [7, 11) is 0. The molecular formula is C27H20N4O3S. The first-order chi connectivity index (χ1) is 16.9. The van der Waals surface area contributed by atoms with Gasteiger partial charge in [-0.3, -0.25) is 19.3 Å². The summed E-state index contributed by atoms with van der Waals surface area (Å²) in [5.41, 5.74) is 5.41. The highest BCUT2D eigenvalue weighted by atomic mass is 32.1. The van der Waals surface area contributed by atoms with E-state index in [1.54, 1.807) is 10.5 Å². The summed E-state index contributed by atoms with van der Waals surface area (Å²) >= 11 is 1.20. The molecule has 0 saturated carbocycles. The number of para-hydroxylation sites is 3. The minimum absolute atomic E-state index is 0.160. The maximum absolute atomic E-state index is 13.6. The van der Waals surface area contributed by atoms with Crippen molar-refractivity contribution in [1.29, 1.82) is 0 Å². The van der Waals surface area contributed by atoms with Crippen LogP contribution in [0.3, 0.4) is 0 Å². The summed E-state index contributed by atoms with van der Waals surface area (Å²) in [6.45, 7) is 3.72. The molecule has 3 aromatic carbocycles. The molecular weight excluding hydrogens is 460 g/mol. The van der Waals surface area contributed by atoms with Crippen molar-refractivity contribution in [2.75, 3.05) is 16.8 Å². The maximum atomic E-state index is 13.6. The van der Waals surface area contributed by atoms with Crippen molar-refractivity contribution in [2.24, 2.45) is 0 Å². The molecule has 1 N–H and O–H groups in total. The van der Waals surface area contributed by atoms with Gasteiger partial charge in [0.25, 0.3) is 11.5 Å². The second kappa shape index (κ2) is 7.89. The molecule has 0 atom stereocenters. The number of aryl methyl sites for hydroxylation is 2. The Morgan fingerprint density at radius 3 is 2.63 bits per heavy atom. The second-order valence-electron chi connectivity index (χ2n) is 8.60. The van der Waals surface area contributed by atoms with E-state index in [1.165, 1.54) is 16.2 Å². The number of nitrogens with one attached hydrogen (secondary N) is 1. The minimum Gasteiger partial charge on any atom is -0.324 e. The van der Waals surface area contributed by atoms with Crippen LogP contribution in [0.1, 0.15) is 16.7 Å². The van der Waals surface area contributed by atoms with E-state index in [4.69, 9.17) is 0 Å². The van der Waals surface area contributed by atoms with Gasteiger partial charge in [-0.25, -0.2) is 9.38 Å².